The average molecular weight is 404 g/mol. The molecule has 1 aromatic carbocycles. The molecule has 0 radical (unpaired) electrons. The molecule has 0 amide bonds. The zero-order valence-corrected chi connectivity index (χ0v) is 17.4. The molecule has 1 aliphatic heterocycles. The van der Waals surface area contributed by atoms with Crippen LogP contribution in [0.15, 0.2) is 37.1 Å². The van der Waals surface area contributed by atoms with Crippen molar-refractivity contribution in [2.24, 2.45) is 7.05 Å². The lowest BCUT2D eigenvalue weighted by atomic mass is 10.2. The Morgan fingerprint density at radius 2 is 1.67 bits per heavy atom. The Labute approximate surface area is 174 Å². The Morgan fingerprint density at radius 1 is 0.900 bits per heavy atom. The van der Waals surface area contributed by atoms with Crippen molar-refractivity contribution in [2.75, 3.05) is 36.0 Å². The minimum Gasteiger partial charge on any atom is -0.474 e. The molecule has 0 atom stereocenters. The summed E-state index contributed by atoms with van der Waals surface area (Å²) in [6.07, 6.45) is 5.19. The first-order valence-corrected chi connectivity index (χ1v) is 10.1. The maximum absolute atomic E-state index is 5.89. The molecule has 154 valence electrons. The SMILES string of the molecule is CC(C)Oc1ncnc2ccc(N3CCN(c4ncnc5nn(C)cc45)CC3)cc12. The van der Waals surface area contributed by atoms with E-state index in [1.807, 2.05) is 33.2 Å². The predicted octanol–water partition coefficient (Wildman–Crippen LogP) is 2.42. The fourth-order valence-corrected chi connectivity index (χ4v) is 3.90. The molecular formula is C21H24N8O. The van der Waals surface area contributed by atoms with Crippen LogP contribution in [0.5, 0.6) is 5.88 Å². The molecular weight excluding hydrogens is 380 g/mol. The first-order valence-electron chi connectivity index (χ1n) is 10.1. The highest BCUT2D eigenvalue weighted by Crippen LogP contribution is 2.29. The number of fused-ring (bicyclic) bond motifs is 2. The summed E-state index contributed by atoms with van der Waals surface area (Å²) in [4.78, 5) is 22.2. The van der Waals surface area contributed by atoms with E-state index in [0.717, 1.165) is 59.6 Å². The Morgan fingerprint density at radius 3 is 2.47 bits per heavy atom. The Bertz CT molecular complexity index is 1200. The van der Waals surface area contributed by atoms with Crippen molar-refractivity contribution in [3.05, 3.63) is 37.1 Å². The highest BCUT2D eigenvalue weighted by Gasteiger charge is 2.22. The maximum Gasteiger partial charge on any atom is 0.224 e. The van der Waals surface area contributed by atoms with Crippen LogP contribution in [-0.4, -0.2) is 62.0 Å². The molecule has 5 rings (SSSR count). The molecule has 1 fully saturated rings. The molecule has 3 aromatic heterocycles. The topological polar surface area (TPSA) is 85.1 Å². The quantitative estimate of drug-likeness (QED) is 0.513. The van der Waals surface area contributed by atoms with E-state index in [4.69, 9.17) is 4.74 Å². The molecule has 9 heteroatoms. The molecule has 30 heavy (non-hydrogen) atoms. The summed E-state index contributed by atoms with van der Waals surface area (Å²) in [6, 6.07) is 6.29. The number of anilines is 2. The number of piperazine rings is 1. The molecule has 4 heterocycles. The molecule has 0 spiro atoms. The maximum atomic E-state index is 5.89. The van der Waals surface area contributed by atoms with Crippen molar-refractivity contribution in [2.45, 2.75) is 20.0 Å². The van der Waals surface area contributed by atoms with E-state index in [1.165, 1.54) is 0 Å². The number of benzene rings is 1. The zero-order chi connectivity index (χ0) is 20.7. The van der Waals surface area contributed by atoms with Crippen LogP contribution < -0.4 is 14.5 Å². The van der Waals surface area contributed by atoms with Gasteiger partial charge in [-0.2, -0.15) is 5.10 Å². The molecule has 1 saturated heterocycles. The lowest BCUT2D eigenvalue weighted by Gasteiger charge is -2.37. The second kappa shape index (κ2) is 7.40. The van der Waals surface area contributed by atoms with Crippen molar-refractivity contribution in [1.82, 2.24) is 29.7 Å². The number of aromatic nitrogens is 6. The van der Waals surface area contributed by atoms with E-state index < -0.39 is 0 Å². The summed E-state index contributed by atoms with van der Waals surface area (Å²) in [5.74, 6) is 1.59. The van der Waals surface area contributed by atoms with Gasteiger partial charge in [-0.3, -0.25) is 4.68 Å². The molecule has 0 bridgehead atoms. The summed E-state index contributed by atoms with van der Waals surface area (Å²) in [5.41, 5.74) is 2.78. The van der Waals surface area contributed by atoms with Crippen LogP contribution in [-0.2, 0) is 7.05 Å². The van der Waals surface area contributed by atoms with Crippen molar-refractivity contribution in [1.29, 1.82) is 0 Å². The van der Waals surface area contributed by atoms with E-state index in [0.29, 0.717) is 5.88 Å². The smallest absolute Gasteiger partial charge is 0.224 e. The third-order valence-corrected chi connectivity index (χ3v) is 5.28. The van der Waals surface area contributed by atoms with Gasteiger partial charge in [-0.05, 0) is 32.0 Å². The van der Waals surface area contributed by atoms with Gasteiger partial charge in [0.2, 0.25) is 5.88 Å². The number of nitrogens with zero attached hydrogens (tertiary/aromatic N) is 8. The van der Waals surface area contributed by atoms with Gasteiger partial charge in [-0.1, -0.05) is 0 Å². The minimum absolute atomic E-state index is 0.0625. The van der Waals surface area contributed by atoms with Crippen molar-refractivity contribution in [3.63, 3.8) is 0 Å². The van der Waals surface area contributed by atoms with Crippen molar-refractivity contribution >= 4 is 33.4 Å². The summed E-state index contributed by atoms with van der Waals surface area (Å²) in [5, 5.41) is 6.33. The molecule has 1 aliphatic rings. The summed E-state index contributed by atoms with van der Waals surface area (Å²) in [6.45, 7) is 7.54. The molecule has 0 unspecified atom stereocenters. The van der Waals surface area contributed by atoms with Crippen LogP contribution in [0.1, 0.15) is 13.8 Å². The number of aryl methyl sites for hydroxylation is 1. The van der Waals surface area contributed by atoms with Crippen LogP contribution in [0, 0.1) is 0 Å². The number of hydrogen-bond acceptors (Lipinski definition) is 8. The first-order chi connectivity index (χ1) is 14.6. The van der Waals surface area contributed by atoms with Crippen LogP contribution in [0.25, 0.3) is 21.9 Å². The first kappa shape index (κ1) is 18.5. The van der Waals surface area contributed by atoms with Gasteiger partial charge in [0, 0.05) is 45.1 Å². The van der Waals surface area contributed by atoms with Gasteiger partial charge in [0.1, 0.15) is 18.5 Å². The summed E-state index contributed by atoms with van der Waals surface area (Å²) < 4.78 is 7.67. The largest absolute Gasteiger partial charge is 0.474 e. The molecule has 9 nitrogen and oxygen atoms in total. The van der Waals surface area contributed by atoms with Gasteiger partial charge >= 0.3 is 0 Å². The molecule has 4 aromatic rings. The average Bonchev–Trinajstić information content (AvgIpc) is 3.14. The van der Waals surface area contributed by atoms with Gasteiger partial charge in [0.15, 0.2) is 5.65 Å². The number of ether oxygens (including phenoxy) is 1. The van der Waals surface area contributed by atoms with Gasteiger partial charge in [0.25, 0.3) is 0 Å². The normalized spacial score (nSPS) is 14.8. The van der Waals surface area contributed by atoms with E-state index in [-0.39, 0.29) is 6.10 Å². The number of hydrogen-bond donors (Lipinski definition) is 0. The molecule has 0 aliphatic carbocycles. The van der Waals surface area contributed by atoms with Crippen LogP contribution >= 0.6 is 0 Å². The standard InChI is InChI=1S/C21H24N8O/c1-14(2)30-21-16-10-15(4-5-18(16)22-12-25-21)28-6-8-29(9-7-28)20-17-11-27(3)26-19(17)23-13-24-20/h4-5,10-14H,6-9H2,1-3H3. The fourth-order valence-electron chi connectivity index (χ4n) is 3.90. The van der Waals surface area contributed by atoms with Crippen molar-refractivity contribution < 1.29 is 4.74 Å². The molecule has 0 N–H and O–H groups in total. The second-order valence-corrected chi connectivity index (χ2v) is 7.76. The molecule has 0 saturated carbocycles. The van der Waals surface area contributed by atoms with Gasteiger partial charge in [-0.25, -0.2) is 19.9 Å². The summed E-state index contributed by atoms with van der Waals surface area (Å²) in [7, 11) is 1.91. The van der Waals surface area contributed by atoms with Gasteiger partial charge in [0.05, 0.1) is 22.4 Å². The third-order valence-electron chi connectivity index (χ3n) is 5.28. The van der Waals surface area contributed by atoms with Crippen molar-refractivity contribution in [3.8, 4) is 5.88 Å². The van der Waals surface area contributed by atoms with Crippen LogP contribution in [0.4, 0.5) is 11.5 Å². The van der Waals surface area contributed by atoms with Gasteiger partial charge in [-0.15, -0.1) is 0 Å². The third kappa shape index (κ3) is 3.36. The second-order valence-electron chi connectivity index (χ2n) is 7.76. The van der Waals surface area contributed by atoms with E-state index in [9.17, 15) is 0 Å². The highest BCUT2D eigenvalue weighted by molar-refractivity contribution is 5.87. The van der Waals surface area contributed by atoms with Crippen LogP contribution in [0.2, 0.25) is 0 Å². The van der Waals surface area contributed by atoms with Crippen LogP contribution in [0.3, 0.4) is 0 Å². The number of rotatable bonds is 4. The Kier molecular flexibility index (Phi) is 4.57. The minimum atomic E-state index is 0.0625. The zero-order valence-electron chi connectivity index (χ0n) is 17.4. The monoisotopic (exact) mass is 404 g/mol. The lowest BCUT2D eigenvalue weighted by molar-refractivity contribution is 0.235. The summed E-state index contributed by atoms with van der Waals surface area (Å²) >= 11 is 0. The van der Waals surface area contributed by atoms with Gasteiger partial charge < -0.3 is 14.5 Å². The van der Waals surface area contributed by atoms with E-state index >= 15 is 0 Å². The van der Waals surface area contributed by atoms with E-state index in [1.54, 1.807) is 17.3 Å². The highest BCUT2D eigenvalue weighted by atomic mass is 16.5. The lowest BCUT2D eigenvalue weighted by Crippen LogP contribution is -2.46. The Balaban J connectivity index is 1.38. The predicted molar refractivity (Wildman–Crippen MR) is 116 cm³/mol. The Hall–Kier alpha value is -3.49. The van der Waals surface area contributed by atoms with E-state index in [2.05, 4.69) is 47.0 Å². The fraction of sp³-hybridized carbons (Fsp3) is 0.381.